The van der Waals surface area contributed by atoms with Crippen molar-refractivity contribution in [3.05, 3.63) is 16.0 Å². The predicted molar refractivity (Wildman–Crippen MR) is 77.8 cm³/mol. The summed E-state index contributed by atoms with van der Waals surface area (Å²) >= 11 is 1.59. The number of nitriles is 1. The number of ether oxygens (including phenoxy) is 1. The number of nitrogens with zero attached hydrogens (tertiary/aromatic N) is 1. The number of amides is 1. The molecule has 5 heteroatoms. The van der Waals surface area contributed by atoms with Crippen molar-refractivity contribution in [2.24, 2.45) is 5.92 Å². The molecule has 0 unspecified atom stereocenters. The van der Waals surface area contributed by atoms with Crippen LogP contribution in [0.15, 0.2) is 0 Å². The minimum atomic E-state index is -0.0663. The molecule has 1 fully saturated rings. The third-order valence-electron chi connectivity index (χ3n) is 4.07. The van der Waals surface area contributed by atoms with Crippen molar-refractivity contribution in [2.75, 3.05) is 18.5 Å². The Morgan fingerprint density at radius 1 is 1.35 bits per heavy atom. The molecule has 0 aromatic carbocycles. The summed E-state index contributed by atoms with van der Waals surface area (Å²) in [6.45, 7) is 1.16. The van der Waals surface area contributed by atoms with Gasteiger partial charge in [0.2, 0.25) is 5.91 Å². The number of carbonyl (C=O) groups is 1. The third kappa shape index (κ3) is 2.58. The van der Waals surface area contributed by atoms with Gasteiger partial charge in [-0.1, -0.05) is 6.42 Å². The van der Waals surface area contributed by atoms with Crippen LogP contribution in [0, 0.1) is 17.2 Å². The van der Waals surface area contributed by atoms with E-state index in [-0.39, 0.29) is 11.8 Å². The smallest absolute Gasteiger partial charge is 0.230 e. The van der Waals surface area contributed by atoms with E-state index in [9.17, 15) is 10.1 Å². The van der Waals surface area contributed by atoms with Crippen LogP contribution in [-0.2, 0) is 22.4 Å². The molecule has 4 nitrogen and oxygen atoms in total. The summed E-state index contributed by atoms with van der Waals surface area (Å²) in [5.41, 5.74) is 1.87. The molecule has 0 spiro atoms. The molecule has 1 amide bonds. The molecule has 1 aromatic heterocycles. The van der Waals surface area contributed by atoms with Crippen LogP contribution in [-0.4, -0.2) is 19.1 Å². The molecular weight excluding hydrogens is 272 g/mol. The highest BCUT2D eigenvalue weighted by Crippen LogP contribution is 2.37. The molecule has 2 heterocycles. The molecule has 2 aliphatic rings. The molecule has 1 aliphatic carbocycles. The first kappa shape index (κ1) is 13.6. The highest BCUT2D eigenvalue weighted by molar-refractivity contribution is 7.16. The molecule has 20 heavy (non-hydrogen) atoms. The fourth-order valence-corrected chi connectivity index (χ4v) is 4.15. The Hall–Kier alpha value is -1.38. The van der Waals surface area contributed by atoms with Gasteiger partial charge in [-0.05, 0) is 37.7 Å². The number of thiophene rings is 1. The van der Waals surface area contributed by atoms with E-state index < -0.39 is 0 Å². The lowest BCUT2D eigenvalue weighted by Gasteiger charge is -2.08. The Morgan fingerprint density at radius 2 is 2.20 bits per heavy atom. The van der Waals surface area contributed by atoms with E-state index in [0.29, 0.717) is 18.8 Å². The van der Waals surface area contributed by atoms with Gasteiger partial charge in [-0.25, -0.2) is 0 Å². The second-order valence-electron chi connectivity index (χ2n) is 5.43. The lowest BCUT2D eigenvalue weighted by molar-refractivity contribution is -0.119. The van der Waals surface area contributed by atoms with E-state index in [2.05, 4.69) is 11.4 Å². The summed E-state index contributed by atoms with van der Waals surface area (Å²) in [5, 5.41) is 13.1. The maximum Gasteiger partial charge on any atom is 0.230 e. The summed E-state index contributed by atoms with van der Waals surface area (Å²) in [5.74, 6) is -0.0705. The Morgan fingerprint density at radius 3 is 2.95 bits per heavy atom. The maximum absolute atomic E-state index is 12.2. The van der Waals surface area contributed by atoms with Crippen LogP contribution in [0.5, 0.6) is 0 Å². The quantitative estimate of drug-likeness (QED) is 0.852. The minimum absolute atomic E-state index is 0.00425. The number of hydrogen-bond acceptors (Lipinski definition) is 4. The average Bonchev–Trinajstić information content (AvgIpc) is 3.02. The van der Waals surface area contributed by atoms with Gasteiger partial charge in [0, 0.05) is 11.5 Å². The number of fused-ring (bicyclic) bond motifs is 1. The van der Waals surface area contributed by atoms with Crippen molar-refractivity contribution in [1.82, 2.24) is 0 Å². The fraction of sp³-hybridized carbons (Fsp3) is 0.600. The van der Waals surface area contributed by atoms with E-state index in [1.807, 2.05) is 0 Å². The Balaban J connectivity index is 1.82. The van der Waals surface area contributed by atoms with Gasteiger partial charge in [-0.3, -0.25) is 4.79 Å². The minimum Gasteiger partial charge on any atom is -0.381 e. The summed E-state index contributed by atoms with van der Waals surface area (Å²) in [7, 11) is 0. The largest absolute Gasteiger partial charge is 0.381 e. The lowest BCUT2D eigenvalue weighted by atomic mass is 10.1. The molecule has 1 N–H and O–H groups in total. The number of anilines is 1. The van der Waals surface area contributed by atoms with Crippen LogP contribution < -0.4 is 5.32 Å². The second kappa shape index (κ2) is 5.94. The molecular formula is C15H18N2O2S. The number of hydrogen-bond donors (Lipinski definition) is 1. The van der Waals surface area contributed by atoms with Crippen LogP contribution >= 0.6 is 11.3 Å². The highest BCUT2D eigenvalue weighted by atomic mass is 32.1. The molecule has 1 aromatic rings. The molecule has 106 valence electrons. The first-order valence-corrected chi connectivity index (χ1v) is 8.04. The van der Waals surface area contributed by atoms with Crippen molar-refractivity contribution >= 4 is 22.2 Å². The van der Waals surface area contributed by atoms with Crippen molar-refractivity contribution in [2.45, 2.75) is 38.5 Å². The van der Waals surface area contributed by atoms with Gasteiger partial charge < -0.3 is 10.1 Å². The van der Waals surface area contributed by atoms with E-state index in [1.165, 1.54) is 23.3 Å². The van der Waals surface area contributed by atoms with E-state index >= 15 is 0 Å². The van der Waals surface area contributed by atoms with Crippen LogP contribution in [0.25, 0.3) is 0 Å². The van der Waals surface area contributed by atoms with E-state index in [1.54, 1.807) is 11.3 Å². The van der Waals surface area contributed by atoms with Gasteiger partial charge in [0.25, 0.3) is 0 Å². The second-order valence-corrected chi connectivity index (χ2v) is 6.54. The molecule has 1 saturated heterocycles. The van der Waals surface area contributed by atoms with Gasteiger partial charge in [0.15, 0.2) is 0 Å². The Kier molecular flexibility index (Phi) is 4.04. The topological polar surface area (TPSA) is 62.1 Å². The Labute approximate surface area is 122 Å². The van der Waals surface area contributed by atoms with Crippen LogP contribution in [0.3, 0.4) is 0 Å². The van der Waals surface area contributed by atoms with Gasteiger partial charge in [-0.2, -0.15) is 5.26 Å². The summed E-state index contributed by atoms with van der Waals surface area (Å²) in [4.78, 5) is 13.5. The van der Waals surface area contributed by atoms with Crippen molar-refractivity contribution in [3.8, 4) is 6.07 Å². The highest BCUT2D eigenvalue weighted by Gasteiger charge is 2.26. The number of nitrogens with one attached hydrogen (secondary N) is 1. The molecule has 0 bridgehead atoms. The number of carbonyl (C=O) groups excluding carboxylic acids is 1. The predicted octanol–water partition coefficient (Wildman–Crippen LogP) is 2.86. The molecule has 3 rings (SSSR count). The molecule has 0 radical (unpaired) electrons. The maximum atomic E-state index is 12.2. The normalized spacial score (nSPS) is 21.9. The molecule has 0 saturated carbocycles. The standard InChI is InChI=1S/C15H18N2O2S/c16-8-12-11-4-2-1-3-5-13(11)20-15(12)17-14(18)10-6-7-19-9-10/h10H,1-7,9H2,(H,17,18)/t10-/m1/s1. The van der Waals surface area contributed by atoms with Gasteiger partial charge >= 0.3 is 0 Å². The first-order chi connectivity index (χ1) is 9.79. The molecule has 1 aliphatic heterocycles. The zero-order valence-corrected chi connectivity index (χ0v) is 12.2. The van der Waals surface area contributed by atoms with Crippen LogP contribution in [0.4, 0.5) is 5.00 Å². The summed E-state index contributed by atoms with van der Waals surface area (Å²) in [6.07, 6.45) is 6.34. The SMILES string of the molecule is N#Cc1c(NC(=O)[C@@H]2CCOC2)sc2c1CCCCC2. The molecule has 1 atom stereocenters. The van der Waals surface area contributed by atoms with E-state index in [4.69, 9.17) is 4.74 Å². The van der Waals surface area contributed by atoms with Crippen molar-refractivity contribution in [3.63, 3.8) is 0 Å². The average molecular weight is 290 g/mol. The van der Waals surface area contributed by atoms with Crippen LogP contribution in [0.1, 0.15) is 41.7 Å². The van der Waals surface area contributed by atoms with Gasteiger partial charge in [0.1, 0.15) is 11.1 Å². The first-order valence-electron chi connectivity index (χ1n) is 7.23. The summed E-state index contributed by atoms with van der Waals surface area (Å²) in [6, 6.07) is 2.29. The third-order valence-corrected chi connectivity index (χ3v) is 5.28. The zero-order chi connectivity index (χ0) is 13.9. The van der Waals surface area contributed by atoms with Gasteiger partial charge in [0.05, 0.1) is 18.1 Å². The monoisotopic (exact) mass is 290 g/mol. The van der Waals surface area contributed by atoms with Crippen LogP contribution in [0.2, 0.25) is 0 Å². The lowest BCUT2D eigenvalue weighted by Crippen LogP contribution is -2.22. The van der Waals surface area contributed by atoms with Crippen molar-refractivity contribution < 1.29 is 9.53 Å². The Bertz CT molecular complexity index is 553. The summed E-state index contributed by atoms with van der Waals surface area (Å²) < 4.78 is 5.25. The number of rotatable bonds is 2. The van der Waals surface area contributed by atoms with Crippen molar-refractivity contribution in [1.29, 1.82) is 5.26 Å². The van der Waals surface area contributed by atoms with E-state index in [0.717, 1.165) is 30.7 Å². The van der Waals surface area contributed by atoms with Gasteiger partial charge in [-0.15, -0.1) is 11.3 Å². The fourth-order valence-electron chi connectivity index (χ4n) is 2.90. The number of aryl methyl sites for hydroxylation is 1. The zero-order valence-electron chi connectivity index (χ0n) is 11.4.